The van der Waals surface area contributed by atoms with Crippen molar-refractivity contribution in [2.24, 2.45) is 0 Å². The molecular weight excluding hydrogens is 485 g/mol. The Bertz CT molecular complexity index is 1030. The molecule has 4 rings (SSSR count). The molecule has 0 aromatic heterocycles. The fourth-order valence-corrected chi connectivity index (χ4v) is 5.91. The second-order valence-electron chi connectivity index (χ2n) is 6.73. The first kappa shape index (κ1) is 23.6. The number of nitrogens with zero attached hydrogens (tertiary/aromatic N) is 1. The molecule has 32 heavy (non-hydrogen) atoms. The van der Waals surface area contributed by atoms with Crippen LogP contribution in [0.25, 0.3) is 0 Å². The van der Waals surface area contributed by atoms with Gasteiger partial charge >= 0.3 is 0 Å². The highest BCUT2D eigenvalue weighted by atomic mass is 79.9. The van der Waals surface area contributed by atoms with Crippen molar-refractivity contribution in [2.45, 2.75) is 5.33 Å². The highest BCUT2D eigenvalue weighted by Crippen LogP contribution is 2.32. The fourth-order valence-electron chi connectivity index (χ4n) is 3.15. The molecule has 4 nitrogen and oxygen atoms in total. The number of ether oxygens (including phenoxy) is 1. The summed E-state index contributed by atoms with van der Waals surface area (Å²) in [5.41, 5.74) is 0.724. The summed E-state index contributed by atoms with van der Waals surface area (Å²) in [6.45, 7) is 0. The molecule has 4 aromatic carbocycles. The van der Waals surface area contributed by atoms with Crippen LogP contribution in [0.15, 0.2) is 109 Å². The van der Waals surface area contributed by atoms with Gasteiger partial charge in [-0.05, 0) is 36.0 Å². The van der Waals surface area contributed by atoms with Crippen molar-refractivity contribution in [3.8, 4) is 5.75 Å². The lowest BCUT2D eigenvalue weighted by Crippen LogP contribution is -2.20. The number of nitro groups is 1. The van der Waals surface area contributed by atoms with Crippen molar-refractivity contribution in [1.29, 1.82) is 0 Å². The van der Waals surface area contributed by atoms with Gasteiger partial charge in [0.05, 0.1) is 12.0 Å². The number of methoxy groups -OCH3 is 1. The van der Waals surface area contributed by atoms with Gasteiger partial charge in [-0.25, -0.2) is 0 Å². The zero-order valence-corrected chi connectivity index (χ0v) is 20.1. The molecular formula is C26H23BrNO3P. The van der Waals surface area contributed by atoms with Gasteiger partial charge in [0.15, 0.2) is 0 Å². The maximum Gasteiger partial charge on any atom is 0.273 e. The number of nitro benzene ring substituents is 1. The molecule has 0 unspecified atom stereocenters. The van der Waals surface area contributed by atoms with E-state index in [0.29, 0.717) is 16.6 Å². The minimum atomic E-state index is -0.446. The Morgan fingerprint density at radius 3 is 1.56 bits per heavy atom. The topological polar surface area (TPSA) is 52.4 Å². The minimum absolute atomic E-state index is 0.109. The Morgan fingerprint density at radius 2 is 1.22 bits per heavy atom. The first-order valence-electron chi connectivity index (χ1n) is 9.96. The van der Waals surface area contributed by atoms with Crippen molar-refractivity contribution in [3.05, 3.63) is 125 Å². The SMILES string of the molecule is COc1ccc([N+](=O)[O-])c(CBr)c1.c1ccc(P(c2ccccc2)c2ccccc2)cc1. The molecule has 162 valence electrons. The average Bonchev–Trinajstić information content (AvgIpc) is 2.86. The molecule has 0 fully saturated rings. The van der Waals surface area contributed by atoms with Crippen LogP contribution in [0.2, 0.25) is 0 Å². The Balaban J connectivity index is 0.000000195. The number of rotatable bonds is 6. The quantitative estimate of drug-likeness (QED) is 0.140. The van der Waals surface area contributed by atoms with Gasteiger partial charge in [-0.2, -0.15) is 0 Å². The standard InChI is InChI=1S/C18H15P.C8H8BrNO3/c1-4-10-16(11-5-1)19(17-12-6-2-7-13-17)18-14-8-3-9-15-18;1-13-7-2-3-8(10(11)12)6(4-7)5-9/h1-15H;2-4H,5H2,1H3. The molecule has 6 heteroatoms. The molecule has 0 atom stereocenters. The number of halogens is 1. The zero-order valence-electron chi connectivity index (χ0n) is 17.6. The molecule has 0 saturated carbocycles. The molecule has 0 aliphatic heterocycles. The molecule has 4 aromatic rings. The van der Waals surface area contributed by atoms with Gasteiger partial charge in [0.1, 0.15) is 5.75 Å². The van der Waals surface area contributed by atoms with Gasteiger partial charge in [-0.1, -0.05) is 107 Å². The highest BCUT2D eigenvalue weighted by Gasteiger charge is 2.15. The van der Waals surface area contributed by atoms with E-state index >= 15 is 0 Å². The van der Waals surface area contributed by atoms with Crippen molar-refractivity contribution in [3.63, 3.8) is 0 Å². The van der Waals surface area contributed by atoms with Crippen LogP contribution in [0.5, 0.6) is 5.75 Å². The number of hydrogen-bond acceptors (Lipinski definition) is 3. The van der Waals surface area contributed by atoms with Crippen LogP contribution in [0.4, 0.5) is 5.69 Å². The fraction of sp³-hybridized carbons (Fsp3) is 0.0769. The van der Waals surface area contributed by atoms with Gasteiger partial charge in [0, 0.05) is 17.0 Å². The third kappa shape index (κ3) is 6.25. The summed E-state index contributed by atoms with van der Waals surface area (Å²) in [6, 6.07) is 37.0. The van der Waals surface area contributed by atoms with Gasteiger partial charge in [0.25, 0.3) is 5.69 Å². The minimum Gasteiger partial charge on any atom is -0.497 e. The van der Waals surface area contributed by atoms with Gasteiger partial charge < -0.3 is 4.74 Å². The third-order valence-electron chi connectivity index (χ3n) is 4.67. The van der Waals surface area contributed by atoms with Crippen molar-refractivity contribution < 1.29 is 9.66 Å². The molecule has 0 bridgehead atoms. The van der Waals surface area contributed by atoms with E-state index in [0.717, 1.165) is 0 Å². The van der Waals surface area contributed by atoms with E-state index in [1.54, 1.807) is 12.1 Å². The Kier molecular flexibility index (Phi) is 8.97. The molecule has 0 amide bonds. The van der Waals surface area contributed by atoms with E-state index in [2.05, 4.69) is 107 Å². The van der Waals surface area contributed by atoms with Crippen LogP contribution in [0.3, 0.4) is 0 Å². The van der Waals surface area contributed by atoms with E-state index in [4.69, 9.17) is 4.74 Å². The smallest absolute Gasteiger partial charge is 0.273 e. The number of hydrogen-bond donors (Lipinski definition) is 0. The van der Waals surface area contributed by atoms with Crippen LogP contribution in [0, 0.1) is 10.1 Å². The molecule has 0 saturated heterocycles. The lowest BCUT2D eigenvalue weighted by molar-refractivity contribution is -0.385. The first-order chi connectivity index (χ1) is 15.6. The van der Waals surface area contributed by atoms with Gasteiger partial charge in [0.2, 0.25) is 0 Å². The van der Waals surface area contributed by atoms with Crippen molar-refractivity contribution >= 4 is 45.5 Å². The first-order valence-corrected chi connectivity index (χ1v) is 12.4. The van der Waals surface area contributed by atoms with E-state index < -0.39 is 12.8 Å². The van der Waals surface area contributed by atoms with Gasteiger partial charge in [-0.3, -0.25) is 10.1 Å². The maximum absolute atomic E-state index is 10.5. The normalized spacial score (nSPS) is 10.2. The zero-order chi connectivity index (χ0) is 22.8. The average molecular weight is 508 g/mol. The lowest BCUT2D eigenvalue weighted by Gasteiger charge is -2.18. The predicted molar refractivity (Wildman–Crippen MR) is 137 cm³/mol. The second kappa shape index (κ2) is 12.1. The Labute approximate surface area is 197 Å². The molecule has 0 N–H and O–H groups in total. The molecule has 0 spiro atoms. The highest BCUT2D eigenvalue weighted by molar-refractivity contribution is 9.08. The molecule has 0 aliphatic carbocycles. The van der Waals surface area contributed by atoms with E-state index in [1.807, 2.05) is 0 Å². The predicted octanol–water partition coefficient (Wildman–Crippen LogP) is 5.94. The van der Waals surface area contributed by atoms with Gasteiger partial charge in [-0.15, -0.1) is 0 Å². The second-order valence-corrected chi connectivity index (χ2v) is 9.51. The number of benzene rings is 4. The Morgan fingerprint density at radius 1 is 0.781 bits per heavy atom. The monoisotopic (exact) mass is 507 g/mol. The molecule has 0 heterocycles. The summed E-state index contributed by atoms with van der Waals surface area (Å²) in [5.74, 6) is 0.625. The maximum atomic E-state index is 10.5. The van der Waals surface area contributed by atoms with Crippen LogP contribution in [0.1, 0.15) is 5.56 Å². The van der Waals surface area contributed by atoms with Crippen LogP contribution >= 0.6 is 23.9 Å². The third-order valence-corrected chi connectivity index (χ3v) is 7.72. The largest absolute Gasteiger partial charge is 0.497 e. The summed E-state index contributed by atoms with van der Waals surface area (Å²) in [4.78, 5) is 10.1. The summed E-state index contributed by atoms with van der Waals surface area (Å²) < 4.78 is 4.95. The number of alkyl halides is 1. The van der Waals surface area contributed by atoms with Crippen LogP contribution < -0.4 is 20.7 Å². The van der Waals surface area contributed by atoms with Crippen molar-refractivity contribution in [2.75, 3.05) is 7.11 Å². The van der Waals surface area contributed by atoms with Crippen LogP contribution in [-0.4, -0.2) is 12.0 Å². The molecule has 0 radical (unpaired) electrons. The Hall–Kier alpha value is -3.01. The summed E-state index contributed by atoms with van der Waals surface area (Å²) >= 11 is 3.18. The summed E-state index contributed by atoms with van der Waals surface area (Å²) in [5, 5.41) is 15.2. The van der Waals surface area contributed by atoms with E-state index in [9.17, 15) is 10.1 Å². The summed E-state index contributed by atoms with van der Waals surface area (Å²) in [7, 11) is 1.08. The molecule has 0 aliphatic rings. The van der Waals surface area contributed by atoms with Crippen molar-refractivity contribution in [1.82, 2.24) is 0 Å². The summed E-state index contributed by atoms with van der Waals surface area (Å²) in [6.07, 6.45) is 0. The van der Waals surface area contributed by atoms with Crippen LogP contribution in [-0.2, 0) is 5.33 Å². The van der Waals surface area contributed by atoms with E-state index in [1.165, 1.54) is 29.1 Å². The van der Waals surface area contributed by atoms with E-state index in [-0.39, 0.29) is 5.69 Å². The lowest BCUT2D eigenvalue weighted by atomic mass is 10.2.